The van der Waals surface area contributed by atoms with Gasteiger partial charge in [0.25, 0.3) is 5.91 Å². The molecule has 10 heteroatoms. The van der Waals surface area contributed by atoms with E-state index < -0.39 is 5.91 Å². The molecular formula is C21H16Cl2FN5O2. The molecule has 2 aromatic heterocycles. The van der Waals surface area contributed by atoms with Crippen molar-refractivity contribution >= 4 is 34.8 Å². The molecule has 0 unspecified atom stereocenters. The SMILES string of the molecule is O=C(Nc1cnn(Cc2ccccc2F)c1)c1ccn(COc2c(Cl)cccc2Cl)n1. The van der Waals surface area contributed by atoms with Crippen LogP contribution in [0.3, 0.4) is 0 Å². The van der Waals surface area contributed by atoms with E-state index in [4.69, 9.17) is 27.9 Å². The Bertz CT molecular complexity index is 1200. The Morgan fingerprint density at radius 1 is 1.06 bits per heavy atom. The number of carbonyl (C=O) groups excluding carboxylic acids is 1. The highest BCUT2D eigenvalue weighted by molar-refractivity contribution is 6.37. The zero-order valence-corrected chi connectivity index (χ0v) is 17.5. The van der Waals surface area contributed by atoms with Crippen LogP contribution in [0.1, 0.15) is 16.1 Å². The summed E-state index contributed by atoms with van der Waals surface area (Å²) in [6, 6.07) is 13.0. The molecule has 0 saturated heterocycles. The number of ether oxygens (including phenoxy) is 1. The van der Waals surface area contributed by atoms with Crippen molar-refractivity contribution in [1.29, 1.82) is 0 Å². The number of amides is 1. The molecule has 0 bridgehead atoms. The second kappa shape index (κ2) is 9.20. The summed E-state index contributed by atoms with van der Waals surface area (Å²) in [6.45, 7) is 0.274. The van der Waals surface area contributed by atoms with Gasteiger partial charge in [0.2, 0.25) is 0 Å². The fraction of sp³-hybridized carbons (Fsp3) is 0.0952. The number of hydrogen-bond donors (Lipinski definition) is 1. The number of nitrogens with one attached hydrogen (secondary N) is 1. The van der Waals surface area contributed by atoms with Gasteiger partial charge >= 0.3 is 0 Å². The van der Waals surface area contributed by atoms with Gasteiger partial charge in [0.05, 0.1) is 28.5 Å². The Labute approximate surface area is 187 Å². The largest absolute Gasteiger partial charge is 0.468 e. The third-order valence-electron chi connectivity index (χ3n) is 4.31. The number of nitrogens with zero attached hydrogens (tertiary/aromatic N) is 4. The van der Waals surface area contributed by atoms with Crippen molar-refractivity contribution < 1.29 is 13.9 Å². The van der Waals surface area contributed by atoms with Crippen LogP contribution in [-0.2, 0) is 13.3 Å². The summed E-state index contributed by atoms with van der Waals surface area (Å²) < 4.78 is 22.4. The van der Waals surface area contributed by atoms with Gasteiger partial charge in [-0.05, 0) is 24.3 Å². The van der Waals surface area contributed by atoms with Gasteiger partial charge < -0.3 is 10.1 Å². The molecule has 0 atom stereocenters. The minimum absolute atomic E-state index is 0.0251. The predicted octanol–water partition coefficient (Wildman–Crippen LogP) is 4.86. The molecule has 0 saturated carbocycles. The number of carbonyl (C=O) groups is 1. The van der Waals surface area contributed by atoms with Crippen molar-refractivity contribution in [3.05, 3.63) is 94.2 Å². The molecule has 2 heterocycles. The Kier molecular flexibility index (Phi) is 6.20. The summed E-state index contributed by atoms with van der Waals surface area (Å²) in [5.41, 5.74) is 1.16. The summed E-state index contributed by atoms with van der Waals surface area (Å²) in [5.74, 6) is -0.385. The van der Waals surface area contributed by atoms with Crippen molar-refractivity contribution in [3.8, 4) is 5.75 Å². The van der Waals surface area contributed by atoms with Crippen LogP contribution in [0.15, 0.2) is 67.1 Å². The first-order chi connectivity index (χ1) is 15.0. The molecule has 4 aromatic rings. The molecule has 7 nitrogen and oxygen atoms in total. The fourth-order valence-corrected chi connectivity index (χ4v) is 3.32. The summed E-state index contributed by atoms with van der Waals surface area (Å²) in [5, 5.41) is 11.8. The first-order valence-electron chi connectivity index (χ1n) is 9.17. The standard InChI is InChI=1S/C21H16Cl2FN5O2/c22-16-5-3-6-17(23)20(16)31-13-28-9-8-19(27-28)21(30)26-15-10-25-29(12-15)11-14-4-1-2-7-18(14)24/h1-10,12H,11,13H2,(H,26,30). The molecule has 0 aliphatic rings. The maximum Gasteiger partial charge on any atom is 0.276 e. The number of rotatable bonds is 7. The lowest BCUT2D eigenvalue weighted by atomic mass is 10.2. The Hall–Kier alpha value is -3.36. The van der Waals surface area contributed by atoms with Gasteiger partial charge in [0.15, 0.2) is 18.2 Å². The average Bonchev–Trinajstić information content (AvgIpc) is 3.39. The number of halogens is 3. The molecular weight excluding hydrogens is 444 g/mol. The second-order valence-corrected chi connectivity index (χ2v) is 7.35. The Balaban J connectivity index is 1.36. The predicted molar refractivity (Wildman–Crippen MR) is 115 cm³/mol. The number of anilines is 1. The smallest absolute Gasteiger partial charge is 0.276 e. The topological polar surface area (TPSA) is 74.0 Å². The third kappa shape index (κ3) is 5.04. The van der Waals surface area contributed by atoms with E-state index >= 15 is 0 Å². The molecule has 0 aliphatic carbocycles. The molecule has 0 fully saturated rings. The normalized spacial score (nSPS) is 10.8. The van der Waals surface area contributed by atoms with Gasteiger partial charge in [-0.1, -0.05) is 47.5 Å². The number of hydrogen-bond acceptors (Lipinski definition) is 4. The second-order valence-electron chi connectivity index (χ2n) is 6.54. The molecule has 4 rings (SSSR count). The zero-order valence-electron chi connectivity index (χ0n) is 16.0. The van der Waals surface area contributed by atoms with E-state index in [9.17, 15) is 9.18 Å². The van der Waals surface area contributed by atoms with Gasteiger partial charge in [-0.15, -0.1) is 0 Å². The molecule has 2 aromatic carbocycles. The van der Waals surface area contributed by atoms with Crippen molar-refractivity contribution in [3.63, 3.8) is 0 Å². The number of para-hydroxylation sites is 1. The van der Waals surface area contributed by atoms with E-state index in [1.165, 1.54) is 21.6 Å². The van der Waals surface area contributed by atoms with Crippen LogP contribution in [0.25, 0.3) is 0 Å². The molecule has 31 heavy (non-hydrogen) atoms. The number of benzene rings is 2. The van der Waals surface area contributed by atoms with Crippen molar-refractivity contribution in [1.82, 2.24) is 19.6 Å². The molecule has 158 valence electrons. The van der Waals surface area contributed by atoms with Crippen molar-refractivity contribution in [2.45, 2.75) is 13.3 Å². The Morgan fingerprint density at radius 2 is 1.84 bits per heavy atom. The fourth-order valence-electron chi connectivity index (χ4n) is 2.82. The van der Waals surface area contributed by atoms with Gasteiger partial charge in [-0.25, -0.2) is 9.07 Å². The van der Waals surface area contributed by atoms with Gasteiger partial charge in [-0.2, -0.15) is 10.2 Å². The number of aromatic nitrogens is 4. The molecule has 1 amide bonds. The van der Waals surface area contributed by atoms with Crippen molar-refractivity contribution in [2.75, 3.05) is 5.32 Å². The van der Waals surface area contributed by atoms with E-state index in [-0.39, 0.29) is 24.8 Å². The first-order valence-corrected chi connectivity index (χ1v) is 9.92. The van der Waals surface area contributed by atoms with E-state index in [1.807, 2.05) is 0 Å². The van der Waals surface area contributed by atoms with Crippen LogP contribution in [0.5, 0.6) is 5.75 Å². The van der Waals surface area contributed by atoms with Crippen LogP contribution in [0.4, 0.5) is 10.1 Å². The van der Waals surface area contributed by atoms with Gasteiger partial charge in [0, 0.05) is 18.0 Å². The summed E-state index contributed by atoms with van der Waals surface area (Å²) in [7, 11) is 0. The van der Waals surface area contributed by atoms with Crippen LogP contribution in [0.2, 0.25) is 10.0 Å². The molecule has 1 N–H and O–H groups in total. The van der Waals surface area contributed by atoms with Crippen LogP contribution >= 0.6 is 23.2 Å². The van der Waals surface area contributed by atoms with E-state index in [0.717, 1.165) is 0 Å². The highest BCUT2D eigenvalue weighted by Gasteiger charge is 2.13. The zero-order chi connectivity index (χ0) is 21.8. The molecule has 0 spiro atoms. The Morgan fingerprint density at radius 3 is 2.61 bits per heavy atom. The lowest BCUT2D eigenvalue weighted by Crippen LogP contribution is -2.14. The highest BCUT2D eigenvalue weighted by Crippen LogP contribution is 2.32. The average molecular weight is 460 g/mol. The monoisotopic (exact) mass is 459 g/mol. The minimum atomic E-state index is -0.417. The lowest BCUT2D eigenvalue weighted by Gasteiger charge is -2.09. The maximum absolute atomic E-state index is 13.8. The van der Waals surface area contributed by atoms with Crippen LogP contribution in [-0.4, -0.2) is 25.5 Å². The first kappa shape index (κ1) is 20.9. The molecule has 0 radical (unpaired) electrons. The van der Waals surface area contributed by atoms with E-state index in [1.54, 1.807) is 54.9 Å². The quantitative estimate of drug-likeness (QED) is 0.428. The highest BCUT2D eigenvalue weighted by atomic mass is 35.5. The summed E-state index contributed by atoms with van der Waals surface area (Å²) in [6.07, 6.45) is 4.70. The van der Waals surface area contributed by atoms with Crippen molar-refractivity contribution in [2.24, 2.45) is 0 Å². The molecule has 0 aliphatic heterocycles. The van der Waals surface area contributed by atoms with Gasteiger partial charge in [-0.3, -0.25) is 9.48 Å². The summed E-state index contributed by atoms with van der Waals surface area (Å²) in [4.78, 5) is 12.5. The van der Waals surface area contributed by atoms with E-state index in [0.29, 0.717) is 27.0 Å². The maximum atomic E-state index is 13.8. The lowest BCUT2D eigenvalue weighted by molar-refractivity contribution is 0.102. The minimum Gasteiger partial charge on any atom is -0.468 e. The van der Waals surface area contributed by atoms with Crippen LogP contribution in [0, 0.1) is 5.82 Å². The van der Waals surface area contributed by atoms with Crippen LogP contribution < -0.4 is 10.1 Å². The third-order valence-corrected chi connectivity index (χ3v) is 4.91. The van der Waals surface area contributed by atoms with Gasteiger partial charge in [0.1, 0.15) is 5.82 Å². The van der Waals surface area contributed by atoms with E-state index in [2.05, 4.69) is 15.5 Å². The summed E-state index contributed by atoms with van der Waals surface area (Å²) >= 11 is 12.1.